The number of hydrogen-bond donors (Lipinski definition) is 0. The standard InChI is InChI=1S/C20H23ClN2O4S/c1-22(2)28(25,26)16-9-10-18(21)17(14-16)20(24)27-13-12-23-11-5-7-15-6-3-4-8-19(15)23/h3-4,6,8-10,14H,5,7,11-13H2,1-2H3. The van der Waals surface area contributed by atoms with Crippen LogP contribution in [0.2, 0.25) is 5.02 Å². The average molecular weight is 423 g/mol. The van der Waals surface area contributed by atoms with E-state index >= 15 is 0 Å². The van der Waals surface area contributed by atoms with Crippen molar-refractivity contribution in [3.05, 3.63) is 58.6 Å². The van der Waals surface area contributed by atoms with E-state index in [1.165, 1.54) is 43.5 Å². The number of nitrogens with zero attached hydrogens (tertiary/aromatic N) is 2. The van der Waals surface area contributed by atoms with E-state index in [2.05, 4.69) is 17.0 Å². The van der Waals surface area contributed by atoms with E-state index in [1.807, 2.05) is 12.1 Å². The second-order valence-electron chi connectivity index (χ2n) is 6.78. The minimum Gasteiger partial charge on any atom is -0.460 e. The van der Waals surface area contributed by atoms with E-state index in [9.17, 15) is 13.2 Å². The van der Waals surface area contributed by atoms with Gasteiger partial charge in [0.15, 0.2) is 0 Å². The lowest BCUT2D eigenvalue weighted by Crippen LogP contribution is -2.33. The van der Waals surface area contributed by atoms with Crippen molar-refractivity contribution in [1.29, 1.82) is 0 Å². The van der Waals surface area contributed by atoms with E-state index in [4.69, 9.17) is 16.3 Å². The molecule has 0 radical (unpaired) electrons. The van der Waals surface area contributed by atoms with Crippen LogP contribution in [0.25, 0.3) is 0 Å². The van der Waals surface area contributed by atoms with Gasteiger partial charge in [-0.05, 0) is 42.7 Å². The molecule has 1 aliphatic rings. The Bertz CT molecular complexity index is 976. The summed E-state index contributed by atoms with van der Waals surface area (Å²) in [5.74, 6) is -0.633. The summed E-state index contributed by atoms with van der Waals surface area (Å²) >= 11 is 6.10. The molecule has 0 fully saturated rings. The lowest BCUT2D eigenvalue weighted by Gasteiger charge is -2.31. The zero-order chi connectivity index (χ0) is 20.3. The van der Waals surface area contributed by atoms with Gasteiger partial charge in [0.1, 0.15) is 6.61 Å². The highest BCUT2D eigenvalue weighted by molar-refractivity contribution is 7.89. The molecule has 0 aromatic heterocycles. The van der Waals surface area contributed by atoms with Crippen LogP contribution in [0.5, 0.6) is 0 Å². The Morgan fingerprint density at radius 3 is 2.71 bits per heavy atom. The van der Waals surface area contributed by atoms with E-state index < -0.39 is 16.0 Å². The number of carbonyl (C=O) groups is 1. The van der Waals surface area contributed by atoms with E-state index in [0.717, 1.165) is 23.7 Å². The number of halogens is 1. The SMILES string of the molecule is CN(C)S(=O)(=O)c1ccc(Cl)c(C(=O)OCCN2CCCc3ccccc32)c1. The number of rotatable bonds is 6. The molecule has 0 saturated carbocycles. The molecule has 0 atom stereocenters. The number of aryl methyl sites for hydroxylation is 1. The predicted molar refractivity (Wildman–Crippen MR) is 110 cm³/mol. The number of ether oxygens (including phenoxy) is 1. The highest BCUT2D eigenvalue weighted by Gasteiger charge is 2.22. The van der Waals surface area contributed by atoms with Gasteiger partial charge in [-0.2, -0.15) is 0 Å². The van der Waals surface area contributed by atoms with E-state index in [-0.39, 0.29) is 22.1 Å². The number of fused-ring (bicyclic) bond motifs is 1. The molecule has 0 spiro atoms. The molecular weight excluding hydrogens is 400 g/mol. The van der Waals surface area contributed by atoms with Crippen molar-refractivity contribution in [3.63, 3.8) is 0 Å². The second-order valence-corrected chi connectivity index (χ2v) is 9.34. The normalized spacial score (nSPS) is 14.1. The molecule has 0 amide bonds. The first-order valence-corrected chi connectivity index (χ1v) is 10.8. The molecule has 0 bridgehead atoms. The summed E-state index contributed by atoms with van der Waals surface area (Å²) in [7, 11) is -0.804. The number of benzene rings is 2. The largest absolute Gasteiger partial charge is 0.460 e. The molecule has 0 unspecified atom stereocenters. The molecule has 8 heteroatoms. The third-order valence-electron chi connectivity index (χ3n) is 4.74. The maximum atomic E-state index is 12.5. The van der Waals surface area contributed by atoms with Crippen molar-refractivity contribution in [2.45, 2.75) is 17.7 Å². The summed E-state index contributed by atoms with van der Waals surface area (Å²) in [6, 6.07) is 12.2. The molecule has 1 aliphatic heterocycles. The molecular formula is C20H23ClN2O4S. The molecule has 1 heterocycles. The van der Waals surface area contributed by atoms with Crippen LogP contribution in [0.15, 0.2) is 47.4 Å². The number of para-hydroxylation sites is 1. The second kappa shape index (κ2) is 8.51. The fourth-order valence-electron chi connectivity index (χ4n) is 3.20. The summed E-state index contributed by atoms with van der Waals surface area (Å²) < 4.78 is 31.0. The zero-order valence-corrected chi connectivity index (χ0v) is 17.5. The van der Waals surface area contributed by atoms with Gasteiger partial charge in [-0.15, -0.1) is 0 Å². The van der Waals surface area contributed by atoms with Gasteiger partial charge >= 0.3 is 5.97 Å². The van der Waals surface area contributed by atoms with E-state index in [1.54, 1.807) is 0 Å². The van der Waals surface area contributed by atoms with Crippen molar-refractivity contribution in [2.75, 3.05) is 38.7 Å². The number of carbonyl (C=O) groups excluding carboxylic acids is 1. The van der Waals surface area contributed by atoms with Crippen LogP contribution < -0.4 is 4.90 Å². The Morgan fingerprint density at radius 1 is 1.21 bits per heavy atom. The van der Waals surface area contributed by atoms with Crippen LogP contribution in [0.3, 0.4) is 0 Å². The molecule has 0 saturated heterocycles. The van der Waals surface area contributed by atoms with Gasteiger partial charge in [-0.25, -0.2) is 17.5 Å². The fraction of sp³-hybridized carbons (Fsp3) is 0.350. The Hall–Kier alpha value is -2.09. The van der Waals surface area contributed by atoms with Gasteiger partial charge < -0.3 is 9.64 Å². The topological polar surface area (TPSA) is 66.9 Å². The van der Waals surface area contributed by atoms with Crippen molar-refractivity contribution in [3.8, 4) is 0 Å². The first-order valence-electron chi connectivity index (χ1n) is 9.03. The van der Waals surface area contributed by atoms with Gasteiger partial charge in [0, 0.05) is 26.3 Å². The van der Waals surface area contributed by atoms with Gasteiger partial charge in [0.2, 0.25) is 10.0 Å². The lowest BCUT2D eigenvalue weighted by atomic mass is 10.0. The van der Waals surface area contributed by atoms with Crippen molar-refractivity contribution in [2.24, 2.45) is 0 Å². The Labute approximate surface area is 170 Å². The Kier molecular flexibility index (Phi) is 6.27. The first-order chi connectivity index (χ1) is 13.3. The van der Waals surface area contributed by atoms with E-state index in [0.29, 0.717) is 6.54 Å². The molecule has 2 aromatic carbocycles. The number of esters is 1. The molecule has 3 rings (SSSR count). The highest BCUT2D eigenvalue weighted by Crippen LogP contribution is 2.26. The van der Waals surface area contributed by atoms with Gasteiger partial charge in [-0.3, -0.25) is 0 Å². The minimum absolute atomic E-state index is 0.00110. The van der Waals surface area contributed by atoms with Crippen LogP contribution in [-0.2, 0) is 21.2 Å². The monoisotopic (exact) mass is 422 g/mol. The van der Waals surface area contributed by atoms with Crippen LogP contribution in [0.1, 0.15) is 22.3 Å². The maximum absolute atomic E-state index is 12.5. The van der Waals surface area contributed by atoms with Crippen LogP contribution >= 0.6 is 11.6 Å². The van der Waals surface area contributed by atoms with Crippen LogP contribution in [-0.4, -0.2) is 52.5 Å². The molecule has 150 valence electrons. The van der Waals surface area contributed by atoms with Crippen molar-refractivity contribution < 1.29 is 17.9 Å². The molecule has 0 N–H and O–H groups in total. The molecule has 6 nitrogen and oxygen atoms in total. The molecule has 2 aromatic rings. The van der Waals surface area contributed by atoms with Gasteiger partial charge in [0.05, 0.1) is 22.0 Å². The molecule has 0 aliphatic carbocycles. The lowest BCUT2D eigenvalue weighted by molar-refractivity contribution is 0.0514. The summed E-state index contributed by atoms with van der Waals surface area (Å²) in [6.45, 7) is 1.66. The molecule has 28 heavy (non-hydrogen) atoms. The third kappa shape index (κ3) is 4.32. The number of sulfonamides is 1. The third-order valence-corrected chi connectivity index (χ3v) is 6.88. The predicted octanol–water partition coefficient (Wildman–Crippen LogP) is 3.20. The summed E-state index contributed by atoms with van der Waals surface area (Å²) in [4.78, 5) is 14.7. The fourth-order valence-corrected chi connectivity index (χ4v) is 4.33. The van der Waals surface area contributed by atoms with Gasteiger partial charge in [-0.1, -0.05) is 29.8 Å². The summed E-state index contributed by atoms with van der Waals surface area (Å²) in [5, 5.41) is 0.158. The smallest absolute Gasteiger partial charge is 0.339 e. The highest BCUT2D eigenvalue weighted by atomic mass is 35.5. The van der Waals surface area contributed by atoms with Gasteiger partial charge in [0.25, 0.3) is 0 Å². The van der Waals surface area contributed by atoms with Crippen molar-refractivity contribution >= 4 is 33.3 Å². The Balaban J connectivity index is 1.68. The zero-order valence-electron chi connectivity index (χ0n) is 15.9. The first kappa shape index (κ1) is 20.6. The number of hydrogen-bond acceptors (Lipinski definition) is 5. The maximum Gasteiger partial charge on any atom is 0.339 e. The van der Waals surface area contributed by atoms with Crippen LogP contribution in [0, 0.1) is 0 Å². The summed E-state index contributed by atoms with van der Waals surface area (Å²) in [6.07, 6.45) is 2.11. The Morgan fingerprint density at radius 2 is 1.96 bits per heavy atom. The average Bonchev–Trinajstić information content (AvgIpc) is 2.68. The van der Waals surface area contributed by atoms with Crippen molar-refractivity contribution in [1.82, 2.24) is 4.31 Å². The number of anilines is 1. The minimum atomic E-state index is -3.66. The van der Waals surface area contributed by atoms with Crippen LogP contribution in [0.4, 0.5) is 5.69 Å². The summed E-state index contributed by atoms with van der Waals surface area (Å²) in [5.41, 5.74) is 2.51. The quantitative estimate of drug-likeness (QED) is 0.669.